The standard InChI is InChI=1S/C12H15N3O2/c1-15-12(16)3-2-6-17-11-5-4-9(8-13)7-10(11)14/h4-5,7H,2-3,6,14H2,1H3,(H,15,16). The molecule has 0 spiro atoms. The van der Waals surface area contributed by atoms with Crippen LogP contribution in [0.1, 0.15) is 18.4 Å². The van der Waals surface area contributed by atoms with Gasteiger partial charge in [-0.15, -0.1) is 0 Å². The van der Waals surface area contributed by atoms with Gasteiger partial charge in [0.1, 0.15) is 5.75 Å². The highest BCUT2D eigenvalue weighted by molar-refractivity contribution is 5.75. The molecule has 0 aliphatic rings. The smallest absolute Gasteiger partial charge is 0.219 e. The summed E-state index contributed by atoms with van der Waals surface area (Å²) >= 11 is 0. The van der Waals surface area contributed by atoms with Gasteiger partial charge in [-0.1, -0.05) is 0 Å². The van der Waals surface area contributed by atoms with Crippen LogP contribution in [-0.2, 0) is 4.79 Å². The number of carbonyl (C=O) groups is 1. The number of hydrogen-bond acceptors (Lipinski definition) is 4. The Morgan fingerprint density at radius 1 is 1.59 bits per heavy atom. The molecular formula is C12H15N3O2. The van der Waals surface area contributed by atoms with E-state index in [1.165, 1.54) is 0 Å². The second-order valence-electron chi connectivity index (χ2n) is 3.49. The number of carbonyl (C=O) groups excluding carboxylic acids is 1. The van der Waals surface area contributed by atoms with Gasteiger partial charge in [0.05, 0.1) is 23.9 Å². The molecule has 0 bridgehead atoms. The monoisotopic (exact) mass is 233 g/mol. The highest BCUT2D eigenvalue weighted by atomic mass is 16.5. The number of nitrogen functional groups attached to an aromatic ring is 1. The lowest BCUT2D eigenvalue weighted by Gasteiger charge is -2.08. The quantitative estimate of drug-likeness (QED) is 0.587. The summed E-state index contributed by atoms with van der Waals surface area (Å²) in [5, 5.41) is 11.2. The van der Waals surface area contributed by atoms with Crippen molar-refractivity contribution in [3.05, 3.63) is 23.8 Å². The van der Waals surface area contributed by atoms with Crippen molar-refractivity contribution in [1.29, 1.82) is 5.26 Å². The van der Waals surface area contributed by atoms with Gasteiger partial charge in [-0.05, 0) is 24.6 Å². The maximum Gasteiger partial charge on any atom is 0.219 e. The number of ether oxygens (including phenoxy) is 1. The molecule has 0 atom stereocenters. The fraction of sp³-hybridized carbons (Fsp3) is 0.333. The zero-order valence-electron chi connectivity index (χ0n) is 9.69. The third-order valence-electron chi connectivity index (χ3n) is 2.22. The molecule has 0 heterocycles. The second kappa shape index (κ2) is 6.38. The van der Waals surface area contributed by atoms with Crippen molar-refractivity contribution in [3.63, 3.8) is 0 Å². The zero-order chi connectivity index (χ0) is 12.7. The van der Waals surface area contributed by atoms with Gasteiger partial charge in [0.2, 0.25) is 5.91 Å². The van der Waals surface area contributed by atoms with Crippen LogP contribution in [0.4, 0.5) is 5.69 Å². The molecule has 0 saturated heterocycles. The fourth-order valence-electron chi connectivity index (χ4n) is 1.29. The van der Waals surface area contributed by atoms with Gasteiger partial charge in [0.25, 0.3) is 0 Å². The Labute approximate surface area is 100 Å². The maximum atomic E-state index is 10.9. The molecule has 0 saturated carbocycles. The fourth-order valence-corrected chi connectivity index (χ4v) is 1.29. The minimum atomic E-state index is -0.0126. The van der Waals surface area contributed by atoms with Crippen LogP contribution in [0.3, 0.4) is 0 Å². The Morgan fingerprint density at radius 2 is 2.35 bits per heavy atom. The van der Waals surface area contributed by atoms with Crippen molar-refractivity contribution >= 4 is 11.6 Å². The van der Waals surface area contributed by atoms with E-state index < -0.39 is 0 Å². The molecule has 1 rings (SSSR count). The molecule has 0 aliphatic carbocycles. The highest BCUT2D eigenvalue weighted by Crippen LogP contribution is 2.22. The third kappa shape index (κ3) is 4.03. The number of benzene rings is 1. The van der Waals surface area contributed by atoms with Gasteiger partial charge in [0, 0.05) is 13.5 Å². The number of hydrogen-bond donors (Lipinski definition) is 2. The summed E-state index contributed by atoms with van der Waals surface area (Å²) in [4.78, 5) is 10.9. The van der Waals surface area contributed by atoms with Gasteiger partial charge in [-0.3, -0.25) is 4.79 Å². The average Bonchev–Trinajstić information content (AvgIpc) is 2.35. The predicted molar refractivity (Wildman–Crippen MR) is 64.4 cm³/mol. The minimum absolute atomic E-state index is 0.0126. The van der Waals surface area contributed by atoms with Gasteiger partial charge in [-0.25, -0.2) is 0 Å². The van der Waals surface area contributed by atoms with Crippen LogP contribution in [0.15, 0.2) is 18.2 Å². The van der Waals surface area contributed by atoms with Crippen LogP contribution in [0.25, 0.3) is 0 Å². The first kappa shape index (κ1) is 12.8. The first-order valence-corrected chi connectivity index (χ1v) is 5.30. The normalized spacial score (nSPS) is 9.41. The van der Waals surface area contributed by atoms with Crippen molar-refractivity contribution in [2.45, 2.75) is 12.8 Å². The van der Waals surface area contributed by atoms with Gasteiger partial charge in [-0.2, -0.15) is 5.26 Å². The number of nitrogens with zero attached hydrogens (tertiary/aromatic N) is 1. The molecule has 5 heteroatoms. The largest absolute Gasteiger partial charge is 0.491 e. The van der Waals surface area contributed by atoms with E-state index in [4.69, 9.17) is 15.7 Å². The molecule has 0 fully saturated rings. The molecule has 90 valence electrons. The average molecular weight is 233 g/mol. The van der Waals surface area contributed by atoms with Crippen LogP contribution in [0, 0.1) is 11.3 Å². The van der Waals surface area contributed by atoms with E-state index in [0.717, 1.165) is 0 Å². The second-order valence-corrected chi connectivity index (χ2v) is 3.49. The van der Waals surface area contributed by atoms with Gasteiger partial charge < -0.3 is 15.8 Å². The highest BCUT2D eigenvalue weighted by Gasteiger charge is 2.02. The van der Waals surface area contributed by atoms with Crippen molar-refractivity contribution in [2.24, 2.45) is 0 Å². The van der Waals surface area contributed by atoms with Crippen LogP contribution < -0.4 is 15.8 Å². The molecule has 1 amide bonds. The summed E-state index contributed by atoms with van der Waals surface area (Å²) in [5.74, 6) is 0.530. The molecule has 3 N–H and O–H groups in total. The first-order valence-electron chi connectivity index (χ1n) is 5.30. The van der Waals surface area contributed by atoms with E-state index >= 15 is 0 Å². The topological polar surface area (TPSA) is 88.1 Å². The Bertz CT molecular complexity index is 438. The van der Waals surface area contributed by atoms with E-state index in [1.807, 2.05) is 6.07 Å². The van der Waals surface area contributed by atoms with E-state index in [1.54, 1.807) is 25.2 Å². The Hall–Kier alpha value is -2.22. The molecule has 0 radical (unpaired) electrons. The number of amides is 1. The van der Waals surface area contributed by atoms with Gasteiger partial charge in [0.15, 0.2) is 0 Å². The molecule has 1 aromatic rings. The maximum absolute atomic E-state index is 10.9. The Kier molecular flexibility index (Phi) is 4.82. The number of nitrogens with one attached hydrogen (secondary N) is 1. The summed E-state index contributed by atoms with van der Waals surface area (Å²) in [5.41, 5.74) is 6.64. The Morgan fingerprint density at radius 3 is 2.94 bits per heavy atom. The van der Waals surface area contributed by atoms with Crippen molar-refractivity contribution in [2.75, 3.05) is 19.4 Å². The summed E-state index contributed by atoms with van der Waals surface area (Å²) in [6.45, 7) is 0.420. The van der Waals surface area contributed by atoms with E-state index in [-0.39, 0.29) is 5.91 Å². The van der Waals surface area contributed by atoms with Crippen molar-refractivity contribution in [3.8, 4) is 11.8 Å². The third-order valence-corrected chi connectivity index (χ3v) is 2.22. The van der Waals surface area contributed by atoms with E-state index in [2.05, 4.69) is 5.32 Å². The summed E-state index contributed by atoms with van der Waals surface area (Å²) in [6.07, 6.45) is 1.05. The van der Waals surface area contributed by atoms with Crippen molar-refractivity contribution < 1.29 is 9.53 Å². The van der Waals surface area contributed by atoms with E-state index in [0.29, 0.717) is 36.4 Å². The lowest BCUT2D eigenvalue weighted by molar-refractivity contribution is -0.120. The van der Waals surface area contributed by atoms with Crippen LogP contribution in [-0.4, -0.2) is 19.6 Å². The molecule has 0 unspecified atom stereocenters. The number of nitrogens with two attached hydrogens (primary N) is 1. The number of rotatable bonds is 5. The molecular weight excluding hydrogens is 218 g/mol. The van der Waals surface area contributed by atoms with Gasteiger partial charge >= 0.3 is 0 Å². The van der Waals surface area contributed by atoms with Crippen molar-refractivity contribution in [1.82, 2.24) is 5.32 Å². The lowest BCUT2D eigenvalue weighted by Crippen LogP contribution is -2.18. The summed E-state index contributed by atoms with van der Waals surface area (Å²) in [7, 11) is 1.60. The minimum Gasteiger partial charge on any atom is -0.491 e. The molecule has 17 heavy (non-hydrogen) atoms. The zero-order valence-corrected chi connectivity index (χ0v) is 9.69. The Balaban J connectivity index is 2.42. The number of nitriles is 1. The molecule has 1 aromatic carbocycles. The SMILES string of the molecule is CNC(=O)CCCOc1ccc(C#N)cc1N. The lowest BCUT2D eigenvalue weighted by atomic mass is 10.2. The van der Waals surface area contributed by atoms with Crippen LogP contribution >= 0.6 is 0 Å². The molecule has 0 aliphatic heterocycles. The summed E-state index contributed by atoms with van der Waals surface area (Å²) in [6, 6.07) is 6.86. The molecule has 5 nitrogen and oxygen atoms in total. The van der Waals surface area contributed by atoms with E-state index in [9.17, 15) is 4.79 Å². The van der Waals surface area contributed by atoms with Crippen LogP contribution in [0.2, 0.25) is 0 Å². The molecule has 0 aromatic heterocycles. The summed E-state index contributed by atoms with van der Waals surface area (Å²) < 4.78 is 5.42. The number of anilines is 1. The van der Waals surface area contributed by atoms with Crippen LogP contribution in [0.5, 0.6) is 5.75 Å². The first-order chi connectivity index (χ1) is 8.17. The predicted octanol–water partition coefficient (Wildman–Crippen LogP) is 1.05.